The van der Waals surface area contributed by atoms with Crippen LogP contribution in [0.2, 0.25) is 5.02 Å². The predicted molar refractivity (Wildman–Crippen MR) is 154 cm³/mol. The molecule has 0 radical (unpaired) electrons. The second-order valence-electron chi connectivity index (χ2n) is 9.24. The molecule has 0 amide bonds. The van der Waals surface area contributed by atoms with Crippen molar-refractivity contribution >= 4 is 38.6 Å². The van der Waals surface area contributed by atoms with Crippen molar-refractivity contribution in [2.75, 3.05) is 0 Å². The van der Waals surface area contributed by atoms with Gasteiger partial charge in [0, 0.05) is 11.1 Å². The second-order valence-corrected chi connectivity index (χ2v) is 11.4. The highest BCUT2D eigenvalue weighted by atomic mass is 35.5. The summed E-state index contributed by atoms with van der Waals surface area (Å²) in [6, 6.07) is 25.3. The molecule has 202 valence electrons. The summed E-state index contributed by atoms with van der Waals surface area (Å²) in [5.41, 5.74) is 2.63. The molecule has 0 aliphatic rings. The van der Waals surface area contributed by atoms with Gasteiger partial charge in [-0.2, -0.15) is 4.72 Å². The van der Waals surface area contributed by atoms with Gasteiger partial charge in [0.1, 0.15) is 23.6 Å². The molecule has 40 heavy (non-hydrogen) atoms. The number of carbonyl (C=O) groups is 1. The van der Waals surface area contributed by atoms with E-state index in [1.807, 2.05) is 13.0 Å². The van der Waals surface area contributed by atoms with Crippen LogP contribution in [-0.4, -0.2) is 20.4 Å². The van der Waals surface area contributed by atoms with Gasteiger partial charge in [-0.15, -0.1) is 0 Å². The second kappa shape index (κ2) is 11.5. The van der Waals surface area contributed by atoms with E-state index >= 15 is 0 Å². The van der Waals surface area contributed by atoms with Crippen molar-refractivity contribution in [1.29, 1.82) is 0 Å². The topological polar surface area (TPSA) is 103 Å². The Morgan fingerprint density at radius 3 is 2.35 bits per heavy atom. The van der Waals surface area contributed by atoms with Gasteiger partial charge in [-0.3, -0.25) is 4.79 Å². The van der Waals surface area contributed by atoms with Gasteiger partial charge in [-0.1, -0.05) is 71.8 Å². The molecule has 0 saturated carbocycles. The zero-order valence-corrected chi connectivity index (χ0v) is 22.9. The van der Waals surface area contributed by atoms with Crippen molar-refractivity contribution in [3.8, 4) is 16.9 Å². The summed E-state index contributed by atoms with van der Waals surface area (Å²) in [6.07, 6.45) is 1.41. The summed E-state index contributed by atoms with van der Waals surface area (Å²) < 4.78 is 40.0. The lowest BCUT2D eigenvalue weighted by atomic mass is 10.1. The molecular formula is C31H24ClNO6S. The first-order valence-electron chi connectivity index (χ1n) is 12.4. The summed E-state index contributed by atoms with van der Waals surface area (Å²) in [4.78, 5) is 26.4. The summed E-state index contributed by atoms with van der Waals surface area (Å²) >= 11 is 5.95. The first-order chi connectivity index (χ1) is 19.2. The van der Waals surface area contributed by atoms with Crippen LogP contribution in [0.3, 0.4) is 0 Å². The Morgan fingerprint density at radius 1 is 0.950 bits per heavy atom. The number of esters is 1. The molecule has 1 aromatic heterocycles. The number of aryl methyl sites for hydroxylation is 1. The van der Waals surface area contributed by atoms with Gasteiger partial charge in [0.2, 0.25) is 10.0 Å². The Bertz CT molecular complexity index is 1830. The number of carbonyl (C=O) groups excluding carboxylic acids is 1. The molecule has 0 saturated heterocycles. The van der Waals surface area contributed by atoms with E-state index in [1.54, 1.807) is 60.7 Å². The highest BCUT2D eigenvalue weighted by molar-refractivity contribution is 7.89. The van der Waals surface area contributed by atoms with E-state index in [9.17, 15) is 18.0 Å². The Morgan fingerprint density at radius 2 is 1.65 bits per heavy atom. The number of benzene rings is 4. The van der Waals surface area contributed by atoms with Gasteiger partial charge in [0.15, 0.2) is 5.43 Å². The smallest absolute Gasteiger partial charge is 0.329 e. The molecule has 1 heterocycles. The predicted octanol–water partition coefficient (Wildman–Crippen LogP) is 5.92. The molecule has 5 aromatic rings. The maximum absolute atomic E-state index is 13.3. The fourth-order valence-corrected chi connectivity index (χ4v) is 5.49. The van der Waals surface area contributed by atoms with E-state index in [0.29, 0.717) is 21.5 Å². The Balaban J connectivity index is 1.42. The summed E-state index contributed by atoms with van der Waals surface area (Å²) in [6.45, 7) is 1.85. The number of ether oxygens (including phenoxy) is 1. The van der Waals surface area contributed by atoms with Crippen LogP contribution in [0, 0.1) is 6.92 Å². The van der Waals surface area contributed by atoms with Crippen molar-refractivity contribution in [3.05, 3.63) is 130 Å². The number of nitrogens with one attached hydrogen (secondary N) is 1. The van der Waals surface area contributed by atoms with Crippen molar-refractivity contribution in [2.45, 2.75) is 24.3 Å². The highest BCUT2D eigenvalue weighted by Crippen LogP contribution is 2.25. The molecule has 0 unspecified atom stereocenters. The van der Waals surface area contributed by atoms with Crippen LogP contribution < -0.4 is 14.9 Å². The molecule has 0 fully saturated rings. The van der Waals surface area contributed by atoms with Crippen LogP contribution in [0.15, 0.2) is 117 Å². The van der Waals surface area contributed by atoms with E-state index in [1.165, 1.54) is 36.6 Å². The average Bonchev–Trinajstić information content (AvgIpc) is 2.94. The van der Waals surface area contributed by atoms with Gasteiger partial charge in [-0.05, 0) is 60.9 Å². The minimum Gasteiger partial charge on any atom is -0.463 e. The Labute approximate surface area is 236 Å². The van der Waals surface area contributed by atoms with E-state index < -0.39 is 22.0 Å². The number of rotatable bonds is 8. The van der Waals surface area contributed by atoms with Gasteiger partial charge < -0.3 is 9.15 Å². The molecule has 9 heteroatoms. The molecule has 7 nitrogen and oxygen atoms in total. The summed E-state index contributed by atoms with van der Waals surface area (Å²) in [5.74, 6) is -0.702. The molecule has 1 atom stereocenters. The molecule has 0 aliphatic carbocycles. The third-order valence-corrected chi connectivity index (χ3v) is 8.06. The number of halogens is 1. The van der Waals surface area contributed by atoms with E-state index in [0.717, 1.165) is 11.1 Å². The summed E-state index contributed by atoms with van der Waals surface area (Å²) in [5, 5.41) is 0.847. The van der Waals surface area contributed by atoms with Crippen molar-refractivity contribution < 1.29 is 22.4 Å². The normalized spacial score (nSPS) is 12.2. The molecule has 5 rings (SSSR count). The number of sulfonamides is 1. The molecule has 4 aromatic carbocycles. The Kier molecular flexibility index (Phi) is 7.84. The Hall–Kier alpha value is -4.24. The maximum Gasteiger partial charge on any atom is 0.329 e. The average molecular weight is 574 g/mol. The van der Waals surface area contributed by atoms with Crippen molar-refractivity contribution in [2.24, 2.45) is 0 Å². The van der Waals surface area contributed by atoms with Crippen LogP contribution in [-0.2, 0) is 21.2 Å². The van der Waals surface area contributed by atoms with E-state index in [2.05, 4.69) is 4.72 Å². The lowest BCUT2D eigenvalue weighted by molar-refractivity contribution is -0.136. The minimum atomic E-state index is -4.03. The van der Waals surface area contributed by atoms with Gasteiger partial charge in [0.25, 0.3) is 0 Å². The third-order valence-electron chi connectivity index (χ3n) is 6.32. The number of hydrogen-bond donors (Lipinski definition) is 1. The number of hydrogen-bond acceptors (Lipinski definition) is 6. The maximum atomic E-state index is 13.3. The fourth-order valence-electron chi connectivity index (χ4n) is 4.18. The number of fused-ring (bicyclic) bond motifs is 1. The van der Waals surface area contributed by atoms with Crippen LogP contribution in [0.5, 0.6) is 5.75 Å². The van der Waals surface area contributed by atoms with E-state index in [4.69, 9.17) is 20.8 Å². The zero-order chi connectivity index (χ0) is 28.3. The van der Waals surface area contributed by atoms with Crippen LogP contribution in [0.4, 0.5) is 0 Å². The van der Waals surface area contributed by atoms with E-state index in [-0.39, 0.29) is 28.1 Å². The molecular weight excluding hydrogens is 550 g/mol. The zero-order valence-electron chi connectivity index (χ0n) is 21.3. The first-order valence-corrected chi connectivity index (χ1v) is 14.2. The van der Waals surface area contributed by atoms with Crippen LogP contribution in [0.1, 0.15) is 11.1 Å². The largest absolute Gasteiger partial charge is 0.463 e. The quantitative estimate of drug-likeness (QED) is 0.183. The van der Waals surface area contributed by atoms with Crippen LogP contribution in [0.25, 0.3) is 22.1 Å². The standard InChI is InChI=1S/C31H24ClNO6S/c1-20-7-14-25(15-8-20)40(36,37)33-28(17-21-5-3-2-4-6-21)31(35)39-24-13-16-26-29(18-24)38-19-27(30(26)34)22-9-11-23(32)12-10-22/h2-16,18-19,28,33H,17H2,1H3/t28-/m0/s1. The van der Waals surface area contributed by atoms with Crippen LogP contribution >= 0.6 is 11.6 Å². The molecule has 0 aliphatic heterocycles. The minimum absolute atomic E-state index is 0.0351. The lowest BCUT2D eigenvalue weighted by Gasteiger charge is -2.18. The lowest BCUT2D eigenvalue weighted by Crippen LogP contribution is -2.44. The van der Waals surface area contributed by atoms with Gasteiger partial charge >= 0.3 is 5.97 Å². The molecule has 1 N–H and O–H groups in total. The van der Waals surface area contributed by atoms with Crippen molar-refractivity contribution in [1.82, 2.24) is 4.72 Å². The highest BCUT2D eigenvalue weighted by Gasteiger charge is 2.28. The van der Waals surface area contributed by atoms with Gasteiger partial charge in [-0.25, -0.2) is 13.2 Å². The molecule has 0 spiro atoms. The summed E-state index contributed by atoms with van der Waals surface area (Å²) in [7, 11) is -4.03. The third kappa shape index (κ3) is 6.15. The first kappa shape index (κ1) is 27.3. The van der Waals surface area contributed by atoms with Gasteiger partial charge in [0.05, 0.1) is 15.8 Å². The monoisotopic (exact) mass is 573 g/mol. The fraction of sp³-hybridized carbons (Fsp3) is 0.0968. The van der Waals surface area contributed by atoms with Crippen molar-refractivity contribution in [3.63, 3.8) is 0 Å². The SMILES string of the molecule is Cc1ccc(S(=O)(=O)N[C@@H](Cc2ccccc2)C(=O)Oc2ccc3c(=O)c(-c4ccc(Cl)cc4)coc3c2)cc1. The molecule has 0 bridgehead atoms.